The maximum absolute atomic E-state index is 12.5. The van der Waals surface area contributed by atoms with Crippen LogP contribution in [0.1, 0.15) is 29.8 Å². The fourth-order valence-corrected chi connectivity index (χ4v) is 4.49. The Morgan fingerprint density at radius 3 is 2.65 bits per heavy atom. The van der Waals surface area contributed by atoms with Gasteiger partial charge >= 0.3 is 0 Å². The van der Waals surface area contributed by atoms with E-state index in [1.807, 2.05) is 9.80 Å². The number of ether oxygens (including phenoxy) is 1. The van der Waals surface area contributed by atoms with Crippen LogP contribution in [0.15, 0.2) is 10.9 Å². The molecule has 4 rings (SSSR count). The Labute approximate surface area is 139 Å². The Morgan fingerprint density at radius 1 is 1.22 bits per heavy atom. The van der Waals surface area contributed by atoms with E-state index in [-0.39, 0.29) is 23.1 Å². The van der Waals surface area contributed by atoms with Crippen LogP contribution in [0.2, 0.25) is 0 Å². The zero-order valence-electron chi connectivity index (χ0n) is 13.1. The molecule has 3 aliphatic heterocycles. The van der Waals surface area contributed by atoms with E-state index in [1.165, 1.54) is 11.3 Å². The average Bonchev–Trinajstić information content (AvgIpc) is 3.22. The van der Waals surface area contributed by atoms with E-state index >= 15 is 0 Å². The van der Waals surface area contributed by atoms with E-state index in [0.29, 0.717) is 18.9 Å². The van der Waals surface area contributed by atoms with Crippen LogP contribution in [-0.4, -0.2) is 66.0 Å². The fraction of sp³-hybridized carbons (Fsp3) is 0.688. The first-order valence-electron chi connectivity index (χ1n) is 8.21. The summed E-state index contributed by atoms with van der Waals surface area (Å²) in [6.45, 7) is 4.52. The van der Waals surface area contributed by atoms with E-state index < -0.39 is 0 Å². The molecule has 0 bridgehead atoms. The largest absolute Gasteiger partial charge is 0.381 e. The Bertz CT molecular complexity index is 592. The molecule has 0 atom stereocenters. The van der Waals surface area contributed by atoms with Crippen LogP contribution in [-0.2, 0) is 9.53 Å². The SMILES string of the molecule is O=C(c1cscn1)N1CCC2(C1)CN(C(=O)C1CCOCC1)C2. The van der Waals surface area contributed by atoms with Crippen molar-refractivity contribution in [1.82, 2.24) is 14.8 Å². The van der Waals surface area contributed by atoms with E-state index in [2.05, 4.69) is 4.98 Å². The number of amides is 2. The average molecular weight is 335 g/mol. The lowest BCUT2D eigenvalue weighted by molar-refractivity contribution is -0.150. The number of thiazole rings is 1. The van der Waals surface area contributed by atoms with E-state index in [9.17, 15) is 9.59 Å². The molecule has 1 aromatic rings. The highest BCUT2D eigenvalue weighted by molar-refractivity contribution is 7.07. The first kappa shape index (κ1) is 15.1. The minimum Gasteiger partial charge on any atom is -0.381 e. The van der Waals surface area contributed by atoms with Crippen molar-refractivity contribution < 1.29 is 14.3 Å². The van der Waals surface area contributed by atoms with Gasteiger partial charge in [0.2, 0.25) is 5.91 Å². The number of nitrogens with zero attached hydrogens (tertiary/aromatic N) is 3. The molecule has 0 unspecified atom stereocenters. The molecule has 1 spiro atoms. The van der Waals surface area contributed by atoms with Gasteiger partial charge in [0, 0.05) is 56.1 Å². The summed E-state index contributed by atoms with van der Waals surface area (Å²) in [6, 6.07) is 0. The lowest BCUT2D eigenvalue weighted by Gasteiger charge is -2.49. The van der Waals surface area contributed by atoms with Gasteiger partial charge in [0.15, 0.2) is 0 Å². The van der Waals surface area contributed by atoms with Crippen LogP contribution >= 0.6 is 11.3 Å². The van der Waals surface area contributed by atoms with Crippen molar-refractivity contribution >= 4 is 23.2 Å². The molecule has 0 N–H and O–H groups in total. The zero-order chi connectivity index (χ0) is 15.9. The molecule has 4 heterocycles. The normalized spacial score (nSPS) is 24.0. The number of carbonyl (C=O) groups is 2. The monoisotopic (exact) mass is 335 g/mol. The molecular formula is C16H21N3O3S. The Balaban J connectivity index is 1.32. The van der Waals surface area contributed by atoms with Crippen LogP contribution in [0.4, 0.5) is 0 Å². The minimum absolute atomic E-state index is 0.0253. The second-order valence-corrected chi connectivity index (χ2v) is 7.65. The molecule has 3 fully saturated rings. The second kappa shape index (κ2) is 5.87. The number of hydrogen-bond acceptors (Lipinski definition) is 5. The molecule has 7 heteroatoms. The minimum atomic E-state index is 0.0253. The van der Waals surface area contributed by atoms with Crippen molar-refractivity contribution in [1.29, 1.82) is 0 Å². The predicted molar refractivity (Wildman–Crippen MR) is 85.2 cm³/mol. The summed E-state index contributed by atoms with van der Waals surface area (Å²) in [5.74, 6) is 0.441. The molecule has 0 radical (unpaired) electrons. The maximum Gasteiger partial charge on any atom is 0.273 e. The third-order valence-corrected chi connectivity index (χ3v) is 5.90. The van der Waals surface area contributed by atoms with Crippen molar-refractivity contribution in [3.63, 3.8) is 0 Å². The summed E-state index contributed by atoms with van der Waals surface area (Å²) >= 11 is 1.44. The standard InChI is InChI=1S/C16H21N3O3S/c20-14(12-1-5-22-6-2-12)19-9-16(10-19)3-4-18(8-16)15(21)13-7-23-11-17-13/h7,11-12H,1-6,8-10H2. The van der Waals surface area contributed by atoms with Gasteiger partial charge in [-0.15, -0.1) is 11.3 Å². The van der Waals surface area contributed by atoms with Crippen LogP contribution in [0, 0.1) is 11.3 Å². The van der Waals surface area contributed by atoms with E-state index in [0.717, 1.165) is 45.4 Å². The highest BCUT2D eigenvalue weighted by Crippen LogP contribution is 2.41. The van der Waals surface area contributed by atoms with Gasteiger partial charge in [-0.2, -0.15) is 0 Å². The first-order chi connectivity index (χ1) is 11.2. The van der Waals surface area contributed by atoms with Gasteiger partial charge in [0.1, 0.15) is 5.69 Å². The topological polar surface area (TPSA) is 62.7 Å². The molecule has 1 aromatic heterocycles. The Hall–Kier alpha value is -1.47. The summed E-state index contributed by atoms with van der Waals surface area (Å²) in [5.41, 5.74) is 2.35. The summed E-state index contributed by atoms with van der Waals surface area (Å²) < 4.78 is 5.33. The van der Waals surface area contributed by atoms with Gasteiger partial charge in [0.05, 0.1) is 5.51 Å². The van der Waals surface area contributed by atoms with Crippen LogP contribution in [0.25, 0.3) is 0 Å². The Morgan fingerprint density at radius 2 is 1.96 bits per heavy atom. The molecule has 124 valence electrons. The lowest BCUT2D eigenvalue weighted by atomic mass is 9.78. The molecule has 0 aliphatic carbocycles. The molecule has 0 aromatic carbocycles. The van der Waals surface area contributed by atoms with Gasteiger partial charge in [-0.05, 0) is 19.3 Å². The first-order valence-corrected chi connectivity index (χ1v) is 9.15. The highest BCUT2D eigenvalue weighted by atomic mass is 32.1. The summed E-state index contributed by atoms with van der Waals surface area (Å²) in [4.78, 5) is 32.9. The maximum atomic E-state index is 12.5. The van der Waals surface area contributed by atoms with Gasteiger partial charge in [-0.25, -0.2) is 4.98 Å². The molecule has 0 saturated carbocycles. The molecule has 3 aliphatic rings. The number of likely N-dealkylation sites (tertiary alicyclic amines) is 2. The van der Waals surface area contributed by atoms with E-state index in [4.69, 9.17) is 4.74 Å². The second-order valence-electron chi connectivity index (χ2n) is 6.93. The van der Waals surface area contributed by atoms with Gasteiger partial charge in [-0.3, -0.25) is 9.59 Å². The van der Waals surface area contributed by atoms with Crippen molar-refractivity contribution in [2.24, 2.45) is 11.3 Å². The summed E-state index contributed by atoms with van der Waals surface area (Å²) in [7, 11) is 0. The molecule has 6 nitrogen and oxygen atoms in total. The van der Waals surface area contributed by atoms with Crippen molar-refractivity contribution in [3.05, 3.63) is 16.6 Å². The molecular weight excluding hydrogens is 314 g/mol. The molecule has 2 amide bonds. The quantitative estimate of drug-likeness (QED) is 0.816. The summed E-state index contributed by atoms with van der Waals surface area (Å²) in [6.07, 6.45) is 2.67. The number of aromatic nitrogens is 1. The van der Waals surface area contributed by atoms with Gasteiger partial charge in [-0.1, -0.05) is 0 Å². The van der Waals surface area contributed by atoms with Crippen LogP contribution < -0.4 is 0 Å². The number of rotatable bonds is 2. The summed E-state index contributed by atoms with van der Waals surface area (Å²) in [5, 5.41) is 1.80. The fourth-order valence-electron chi connectivity index (χ4n) is 3.97. The van der Waals surface area contributed by atoms with Crippen molar-refractivity contribution in [2.75, 3.05) is 39.4 Å². The third kappa shape index (κ3) is 2.76. The van der Waals surface area contributed by atoms with Crippen LogP contribution in [0.3, 0.4) is 0 Å². The number of hydrogen-bond donors (Lipinski definition) is 0. The molecule has 3 saturated heterocycles. The lowest BCUT2D eigenvalue weighted by Crippen LogP contribution is -2.61. The van der Waals surface area contributed by atoms with Gasteiger partial charge in [0.25, 0.3) is 5.91 Å². The number of carbonyl (C=O) groups excluding carboxylic acids is 2. The zero-order valence-corrected chi connectivity index (χ0v) is 13.9. The highest BCUT2D eigenvalue weighted by Gasteiger charge is 2.51. The smallest absolute Gasteiger partial charge is 0.273 e. The van der Waals surface area contributed by atoms with Crippen molar-refractivity contribution in [2.45, 2.75) is 19.3 Å². The van der Waals surface area contributed by atoms with Gasteiger partial charge < -0.3 is 14.5 Å². The predicted octanol–water partition coefficient (Wildman–Crippen LogP) is 1.24. The third-order valence-electron chi connectivity index (χ3n) is 5.31. The van der Waals surface area contributed by atoms with Crippen LogP contribution in [0.5, 0.6) is 0 Å². The molecule has 23 heavy (non-hydrogen) atoms. The van der Waals surface area contributed by atoms with E-state index in [1.54, 1.807) is 10.9 Å². The Kier molecular flexibility index (Phi) is 3.85. The van der Waals surface area contributed by atoms with Crippen molar-refractivity contribution in [3.8, 4) is 0 Å².